The third kappa shape index (κ3) is 4.68. The van der Waals surface area contributed by atoms with E-state index < -0.39 is 14.9 Å². The van der Waals surface area contributed by atoms with Gasteiger partial charge in [0.25, 0.3) is 5.69 Å². The maximum Gasteiger partial charge on any atom is 0.293 e. The number of nitrogens with zero attached hydrogens (tertiary/aromatic N) is 3. The van der Waals surface area contributed by atoms with Crippen molar-refractivity contribution in [2.75, 3.05) is 25.0 Å². The molecule has 0 saturated carbocycles. The van der Waals surface area contributed by atoms with E-state index in [0.29, 0.717) is 37.7 Å². The molecule has 1 aromatic heterocycles. The highest BCUT2D eigenvalue weighted by Crippen LogP contribution is 2.30. The zero-order valence-corrected chi connectivity index (χ0v) is 17.6. The number of rotatable bonds is 7. The number of aryl methyl sites for hydroxylation is 1. The number of hydrogen-bond donors (Lipinski definition) is 1. The first-order chi connectivity index (χ1) is 13.3. The summed E-state index contributed by atoms with van der Waals surface area (Å²) >= 11 is 1.56. The van der Waals surface area contributed by atoms with Crippen LogP contribution in [-0.4, -0.2) is 42.3 Å². The third-order valence-electron chi connectivity index (χ3n) is 4.91. The van der Waals surface area contributed by atoms with Gasteiger partial charge in [-0.3, -0.25) is 10.1 Å². The Bertz CT molecular complexity index is 950. The van der Waals surface area contributed by atoms with Crippen LogP contribution in [0.4, 0.5) is 11.4 Å². The SMILES string of the molecule is Cc1nc(CCNc2ccc(S(=O)(=O)N3CCC(C)CC3)cc2[N+](=O)[O-])cs1. The summed E-state index contributed by atoms with van der Waals surface area (Å²) in [7, 11) is -3.73. The van der Waals surface area contributed by atoms with Crippen LogP contribution in [0.25, 0.3) is 0 Å². The Kier molecular flexibility index (Phi) is 6.31. The van der Waals surface area contributed by atoms with Crippen molar-refractivity contribution in [1.82, 2.24) is 9.29 Å². The Balaban J connectivity index is 1.75. The highest BCUT2D eigenvalue weighted by molar-refractivity contribution is 7.89. The molecule has 1 aliphatic heterocycles. The number of piperidine rings is 1. The van der Waals surface area contributed by atoms with Gasteiger partial charge in [0.05, 0.1) is 20.5 Å². The van der Waals surface area contributed by atoms with Crippen LogP contribution in [0.1, 0.15) is 30.5 Å². The van der Waals surface area contributed by atoms with Crippen molar-refractivity contribution < 1.29 is 13.3 Å². The molecule has 1 fully saturated rings. The van der Waals surface area contributed by atoms with E-state index in [1.165, 1.54) is 16.4 Å². The summed E-state index contributed by atoms with van der Waals surface area (Å²) in [6.07, 6.45) is 2.24. The lowest BCUT2D eigenvalue weighted by Gasteiger charge is -2.29. The van der Waals surface area contributed by atoms with Gasteiger partial charge in [-0.1, -0.05) is 6.92 Å². The second-order valence-electron chi connectivity index (χ2n) is 7.06. The summed E-state index contributed by atoms with van der Waals surface area (Å²) in [5.41, 5.74) is 1.00. The molecule has 0 spiro atoms. The quantitative estimate of drug-likeness (QED) is 0.539. The molecule has 0 atom stereocenters. The van der Waals surface area contributed by atoms with Gasteiger partial charge in [-0.05, 0) is 37.8 Å². The topological polar surface area (TPSA) is 105 Å². The van der Waals surface area contributed by atoms with Crippen LogP contribution in [0, 0.1) is 23.0 Å². The Morgan fingerprint density at radius 1 is 1.36 bits per heavy atom. The first-order valence-corrected chi connectivity index (χ1v) is 11.5. The maximum absolute atomic E-state index is 12.9. The lowest BCUT2D eigenvalue weighted by Crippen LogP contribution is -2.37. The summed E-state index contributed by atoms with van der Waals surface area (Å²) in [6, 6.07) is 4.07. The highest BCUT2D eigenvalue weighted by atomic mass is 32.2. The van der Waals surface area contributed by atoms with Gasteiger partial charge in [0, 0.05) is 37.5 Å². The fraction of sp³-hybridized carbons (Fsp3) is 0.500. The molecule has 0 radical (unpaired) electrons. The zero-order valence-electron chi connectivity index (χ0n) is 15.9. The second-order valence-corrected chi connectivity index (χ2v) is 10.1. The molecule has 0 aliphatic carbocycles. The summed E-state index contributed by atoms with van der Waals surface area (Å²) in [5, 5.41) is 17.5. The molecule has 0 bridgehead atoms. The molecule has 0 amide bonds. The molecule has 10 heteroatoms. The van der Waals surface area contributed by atoms with E-state index in [1.807, 2.05) is 12.3 Å². The number of benzene rings is 1. The molecule has 1 N–H and O–H groups in total. The van der Waals surface area contributed by atoms with E-state index in [2.05, 4.69) is 17.2 Å². The van der Waals surface area contributed by atoms with Crippen molar-refractivity contribution in [3.05, 3.63) is 44.4 Å². The zero-order chi connectivity index (χ0) is 20.3. The predicted molar refractivity (Wildman–Crippen MR) is 109 cm³/mol. The van der Waals surface area contributed by atoms with Crippen LogP contribution in [0.5, 0.6) is 0 Å². The van der Waals surface area contributed by atoms with Crippen molar-refractivity contribution in [3.63, 3.8) is 0 Å². The highest BCUT2D eigenvalue weighted by Gasteiger charge is 2.30. The molecule has 8 nitrogen and oxygen atoms in total. The van der Waals surface area contributed by atoms with Crippen LogP contribution in [0.2, 0.25) is 0 Å². The monoisotopic (exact) mass is 424 g/mol. The average molecular weight is 425 g/mol. The lowest BCUT2D eigenvalue weighted by molar-refractivity contribution is -0.384. The van der Waals surface area contributed by atoms with Gasteiger partial charge in [0.1, 0.15) is 5.69 Å². The van der Waals surface area contributed by atoms with Crippen LogP contribution in [0.15, 0.2) is 28.5 Å². The molecule has 1 aromatic carbocycles. The fourth-order valence-corrected chi connectivity index (χ4v) is 5.33. The second kappa shape index (κ2) is 8.54. The Morgan fingerprint density at radius 3 is 2.68 bits per heavy atom. The average Bonchev–Trinajstić information content (AvgIpc) is 3.07. The van der Waals surface area contributed by atoms with Gasteiger partial charge < -0.3 is 5.32 Å². The Hall–Kier alpha value is -2.04. The van der Waals surface area contributed by atoms with E-state index in [9.17, 15) is 18.5 Å². The molecular weight excluding hydrogens is 400 g/mol. The molecule has 2 aromatic rings. The number of nitrogens with one attached hydrogen (secondary N) is 1. The van der Waals surface area contributed by atoms with E-state index in [-0.39, 0.29) is 10.6 Å². The number of hydrogen-bond acceptors (Lipinski definition) is 7. The number of nitro groups is 1. The van der Waals surface area contributed by atoms with Crippen molar-refractivity contribution in [2.24, 2.45) is 5.92 Å². The van der Waals surface area contributed by atoms with Crippen LogP contribution in [-0.2, 0) is 16.4 Å². The van der Waals surface area contributed by atoms with Crippen LogP contribution in [0.3, 0.4) is 0 Å². The minimum Gasteiger partial charge on any atom is -0.379 e. The molecule has 2 heterocycles. The predicted octanol–water partition coefficient (Wildman–Crippen LogP) is 3.43. The number of nitro benzene ring substituents is 1. The van der Waals surface area contributed by atoms with E-state index in [1.54, 1.807) is 11.3 Å². The van der Waals surface area contributed by atoms with Gasteiger partial charge >= 0.3 is 0 Å². The maximum atomic E-state index is 12.9. The molecule has 1 aliphatic rings. The molecule has 152 valence electrons. The Morgan fingerprint density at radius 2 is 2.07 bits per heavy atom. The number of aromatic nitrogens is 1. The normalized spacial score (nSPS) is 16.2. The minimum absolute atomic E-state index is 0.0329. The van der Waals surface area contributed by atoms with Gasteiger partial charge in [-0.25, -0.2) is 13.4 Å². The first-order valence-electron chi connectivity index (χ1n) is 9.21. The third-order valence-corrected chi connectivity index (χ3v) is 7.63. The number of sulfonamides is 1. The van der Waals surface area contributed by atoms with Crippen molar-refractivity contribution in [2.45, 2.75) is 38.0 Å². The van der Waals surface area contributed by atoms with Crippen molar-refractivity contribution in [3.8, 4) is 0 Å². The fourth-order valence-electron chi connectivity index (χ4n) is 3.20. The van der Waals surface area contributed by atoms with Gasteiger partial charge in [0.2, 0.25) is 10.0 Å². The first kappa shape index (κ1) is 20.7. The van der Waals surface area contributed by atoms with Crippen LogP contribution >= 0.6 is 11.3 Å². The van der Waals surface area contributed by atoms with E-state index >= 15 is 0 Å². The summed E-state index contributed by atoms with van der Waals surface area (Å²) in [5.74, 6) is 0.494. The smallest absolute Gasteiger partial charge is 0.293 e. The minimum atomic E-state index is -3.73. The van der Waals surface area contributed by atoms with Gasteiger partial charge in [-0.15, -0.1) is 11.3 Å². The molecule has 1 saturated heterocycles. The lowest BCUT2D eigenvalue weighted by atomic mass is 10.0. The number of thiazole rings is 1. The molecule has 3 rings (SSSR count). The summed E-state index contributed by atoms with van der Waals surface area (Å²) < 4.78 is 27.1. The van der Waals surface area contributed by atoms with Crippen molar-refractivity contribution >= 4 is 32.7 Å². The van der Waals surface area contributed by atoms with Crippen LogP contribution < -0.4 is 5.32 Å². The van der Waals surface area contributed by atoms with Gasteiger partial charge in [0.15, 0.2) is 0 Å². The van der Waals surface area contributed by atoms with Crippen molar-refractivity contribution in [1.29, 1.82) is 0 Å². The Labute approximate surface area is 168 Å². The summed E-state index contributed by atoms with van der Waals surface area (Å²) in [4.78, 5) is 15.3. The standard InChI is InChI=1S/C18H24N4O4S2/c1-13-6-9-21(10-7-13)28(25,26)16-3-4-17(18(11-16)22(23)24)19-8-5-15-12-27-14(2)20-15/h3-4,11-13,19H,5-10H2,1-2H3. The molecule has 28 heavy (non-hydrogen) atoms. The largest absolute Gasteiger partial charge is 0.379 e. The van der Waals surface area contributed by atoms with E-state index in [4.69, 9.17) is 0 Å². The van der Waals surface area contributed by atoms with Gasteiger partial charge in [-0.2, -0.15) is 4.31 Å². The van der Waals surface area contributed by atoms with E-state index in [0.717, 1.165) is 29.6 Å². The molecule has 0 unspecified atom stereocenters. The summed E-state index contributed by atoms with van der Waals surface area (Å²) in [6.45, 7) is 5.39. The molecular formula is C18H24N4O4S2. The number of anilines is 1.